The van der Waals surface area contributed by atoms with Crippen molar-refractivity contribution in [2.75, 3.05) is 13.2 Å². The highest BCUT2D eigenvalue weighted by Gasteiger charge is 2.58. The van der Waals surface area contributed by atoms with Crippen LogP contribution in [-0.2, 0) is 24.5 Å². The smallest absolute Gasteiger partial charge is 0.388 e. The van der Waals surface area contributed by atoms with Crippen LogP contribution in [0.4, 0.5) is 8.78 Å². The maximum absolute atomic E-state index is 12.7. The lowest BCUT2D eigenvalue weighted by atomic mass is 9.43. The van der Waals surface area contributed by atoms with Gasteiger partial charge in [0.25, 0.3) is 0 Å². The van der Waals surface area contributed by atoms with E-state index >= 15 is 0 Å². The first-order chi connectivity index (χ1) is 13.6. The summed E-state index contributed by atoms with van der Waals surface area (Å²) >= 11 is 2.84. The zero-order chi connectivity index (χ0) is 20.9. The number of aryl methyl sites for hydroxylation is 1. The van der Waals surface area contributed by atoms with E-state index in [0.29, 0.717) is 11.8 Å². The number of esters is 2. The molecule has 0 aliphatic heterocycles. The van der Waals surface area contributed by atoms with Crippen molar-refractivity contribution in [1.29, 1.82) is 0 Å². The number of benzene rings is 1. The molecule has 158 valence electrons. The van der Waals surface area contributed by atoms with Gasteiger partial charge in [0, 0.05) is 5.41 Å². The molecular formula is C22H26F2O4S. The Hall–Kier alpha value is -1.63. The molecule has 7 heteroatoms. The monoisotopic (exact) mass is 424 g/mol. The highest BCUT2D eigenvalue weighted by Crippen LogP contribution is 2.65. The lowest BCUT2D eigenvalue weighted by molar-refractivity contribution is -0.173. The Bertz CT molecular complexity index is 788. The second-order valence-electron chi connectivity index (χ2n) is 9.39. The van der Waals surface area contributed by atoms with Gasteiger partial charge in [-0.1, -0.05) is 42.5 Å². The fraction of sp³-hybridized carbons (Fsp3) is 0.636. The van der Waals surface area contributed by atoms with E-state index in [0.717, 1.165) is 19.3 Å². The van der Waals surface area contributed by atoms with Crippen molar-refractivity contribution < 1.29 is 27.8 Å². The molecule has 1 aromatic rings. The zero-order valence-corrected chi connectivity index (χ0v) is 17.4. The SMILES string of the molecule is Cc1ccc(C23CC4CC(CC(COC(=O)COC(=O)C(F)(F)S)(C4)C2)C3)cc1. The van der Waals surface area contributed by atoms with Crippen LogP contribution >= 0.6 is 12.6 Å². The van der Waals surface area contributed by atoms with Crippen LogP contribution in [0.3, 0.4) is 0 Å². The number of ether oxygens (including phenoxy) is 2. The summed E-state index contributed by atoms with van der Waals surface area (Å²) in [5.41, 5.74) is 2.66. The lowest BCUT2D eigenvalue weighted by Gasteiger charge is -2.62. The van der Waals surface area contributed by atoms with Gasteiger partial charge in [-0.25, -0.2) is 9.59 Å². The highest BCUT2D eigenvalue weighted by molar-refractivity contribution is 7.82. The van der Waals surface area contributed by atoms with E-state index in [-0.39, 0.29) is 17.4 Å². The van der Waals surface area contributed by atoms with Crippen molar-refractivity contribution >= 4 is 24.6 Å². The first-order valence-corrected chi connectivity index (χ1v) is 10.5. The van der Waals surface area contributed by atoms with Crippen molar-refractivity contribution in [1.82, 2.24) is 0 Å². The van der Waals surface area contributed by atoms with E-state index in [1.807, 2.05) is 0 Å². The van der Waals surface area contributed by atoms with Crippen LogP contribution in [0, 0.1) is 24.2 Å². The van der Waals surface area contributed by atoms with Gasteiger partial charge in [0.15, 0.2) is 6.61 Å². The second-order valence-corrected chi connectivity index (χ2v) is 9.95. The molecule has 29 heavy (non-hydrogen) atoms. The van der Waals surface area contributed by atoms with Gasteiger partial charge < -0.3 is 9.47 Å². The number of carbonyl (C=O) groups is 2. The predicted octanol–water partition coefficient (Wildman–Crippen LogP) is 4.44. The fourth-order valence-corrected chi connectivity index (χ4v) is 6.42. The minimum Gasteiger partial charge on any atom is -0.463 e. The number of alkyl halides is 2. The molecule has 2 atom stereocenters. The molecule has 0 spiro atoms. The topological polar surface area (TPSA) is 52.6 Å². The molecule has 0 heterocycles. The van der Waals surface area contributed by atoms with Gasteiger partial charge in [0.2, 0.25) is 0 Å². The summed E-state index contributed by atoms with van der Waals surface area (Å²) in [6.45, 7) is 1.52. The van der Waals surface area contributed by atoms with E-state index in [1.54, 1.807) is 0 Å². The minimum atomic E-state index is -3.92. The van der Waals surface area contributed by atoms with Gasteiger partial charge in [0.1, 0.15) is 0 Å². The quantitative estimate of drug-likeness (QED) is 0.542. The van der Waals surface area contributed by atoms with E-state index < -0.39 is 23.8 Å². The molecule has 0 saturated heterocycles. The Morgan fingerprint density at radius 1 is 1.10 bits per heavy atom. The van der Waals surface area contributed by atoms with Gasteiger partial charge in [0.05, 0.1) is 6.61 Å². The van der Waals surface area contributed by atoms with Crippen molar-refractivity contribution in [3.05, 3.63) is 35.4 Å². The Kier molecular flexibility index (Phi) is 5.16. The van der Waals surface area contributed by atoms with Crippen molar-refractivity contribution in [2.45, 2.75) is 56.1 Å². The minimum absolute atomic E-state index is 0.0812. The standard InChI is InChI=1S/C22H26F2O4S/c1-14-2-4-17(5-3-14)21-9-15-6-16(10-21)8-20(7-15,12-21)13-28-18(25)11-27-19(26)22(23,24)29/h2-5,15-16,29H,6-13H2,1H3. The van der Waals surface area contributed by atoms with Crippen LogP contribution in [0.2, 0.25) is 0 Å². The van der Waals surface area contributed by atoms with Crippen LogP contribution < -0.4 is 0 Å². The third-order valence-electron chi connectivity index (χ3n) is 6.95. The maximum atomic E-state index is 12.7. The molecule has 4 saturated carbocycles. The molecule has 5 rings (SSSR count). The Morgan fingerprint density at radius 2 is 1.72 bits per heavy atom. The molecular weight excluding hydrogens is 398 g/mol. The second kappa shape index (κ2) is 7.25. The molecule has 0 amide bonds. The third kappa shape index (κ3) is 4.16. The molecule has 4 fully saturated rings. The summed E-state index contributed by atoms with van der Waals surface area (Å²) in [4.78, 5) is 23.0. The normalized spacial score (nSPS) is 32.8. The number of carbonyl (C=O) groups excluding carboxylic acids is 2. The fourth-order valence-electron chi connectivity index (χ4n) is 6.35. The summed E-state index contributed by atoms with van der Waals surface area (Å²) in [7, 11) is 0. The molecule has 0 N–H and O–H groups in total. The Balaban J connectivity index is 1.42. The van der Waals surface area contributed by atoms with Crippen LogP contribution in [0.25, 0.3) is 0 Å². The summed E-state index contributed by atoms with van der Waals surface area (Å²) < 4.78 is 35.2. The van der Waals surface area contributed by atoms with Crippen LogP contribution in [-0.4, -0.2) is 30.4 Å². The summed E-state index contributed by atoms with van der Waals surface area (Å²) in [5.74, 6) is -1.39. The van der Waals surface area contributed by atoms with Gasteiger partial charge in [-0.15, -0.1) is 0 Å². The largest absolute Gasteiger partial charge is 0.463 e. The maximum Gasteiger partial charge on any atom is 0.388 e. The average molecular weight is 425 g/mol. The van der Waals surface area contributed by atoms with E-state index in [9.17, 15) is 18.4 Å². The molecule has 2 unspecified atom stereocenters. The number of thiol groups is 1. The molecule has 4 bridgehead atoms. The first kappa shape index (κ1) is 20.6. The average Bonchev–Trinajstić information content (AvgIpc) is 2.63. The van der Waals surface area contributed by atoms with Crippen molar-refractivity contribution in [3.63, 3.8) is 0 Å². The van der Waals surface area contributed by atoms with Gasteiger partial charge in [-0.3, -0.25) is 0 Å². The molecule has 4 aliphatic rings. The van der Waals surface area contributed by atoms with E-state index in [1.165, 1.54) is 30.4 Å². The molecule has 4 nitrogen and oxygen atoms in total. The number of rotatable bonds is 6. The predicted molar refractivity (Wildman–Crippen MR) is 106 cm³/mol. The zero-order valence-electron chi connectivity index (χ0n) is 16.5. The van der Waals surface area contributed by atoms with Crippen molar-refractivity contribution in [2.24, 2.45) is 17.3 Å². The Labute approximate surface area is 174 Å². The van der Waals surface area contributed by atoms with E-state index in [4.69, 9.17) is 4.74 Å². The summed E-state index contributed by atoms with van der Waals surface area (Å²) in [6, 6.07) is 8.79. The number of halogens is 2. The Morgan fingerprint density at radius 3 is 2.31 bits per heavy atom. The summed E-state index contributed by atoms with van der Waals surface area (Å²) in [5, 5.41) is -3.92. The van der Waals surface area contributed by atoms with E-state index in [2.05, 4.69) is 48.6 Å². The highest BCUT2D eigenvalue weighted by atomic mass is 32.1. The third-order valence-corrected chi connectivity index (χ3v) is 7.13. The number of hydrogen-bond acceptors (Lipinski definition) is 5. The lowest BCUT2D eigenvalue weighted by Crippen LogP contribution is -2.55. The molecule has 4 aliphatic carbocycles. The van der Waals surface area contributed by atoms with Gasteiger partial charge in [-0.2, -0.15) is 8.78 Å². The summed E-state index contributed by atoms with van der Waals surface area (Å²) in [6.07, 6.45) is 6.61. The van der Waals surface area contributed by atoms with Crippen molar-refractivity contribution in [3.8, 4) is 0 Å². The van der Waals surface area contributed by atoms with Crippen LogP contribution in [0.5, 0.6) is 0 Å². The van der Waals surface area contributed by atoms with Crippen LogP contribution in [0.1, 0.15) is 49.7 Å². The number of hydrogen-bond donors (Lipinski definition) is 1. The molecule has 1 aromatic carbocycles. The van der Waals surface area contributed by atoms with Crippen LogP contribution in [0.15, 0.2) is 24.3 Å². The first-order valence-electron chi connectivity index (χ1n) is 10.1. The molecule has 0 aromatic heterocycles. The van der Waals surface area contributed by atoms with Gasteiger partial charge in [-0.05, 0) is 68.3 Å². The molecule has 0 radical (unpaired) electrons. The van der Waals surface area contributed by atoms with Gasteiger partial charge >= 0.3 is 17.2 Å².